The first-order valence-electron chi connectivity index (χ1n) is 8.73. The molecule has 134 valence electrons. The molecule has 0 aromatic carbocycles. The van der Waals surface area contributed by atoms with Gasteiger partial charge in [0.05, 0.1) is 18.2 Å². The number of rotatable bonds is 4. The molecule has 9 heteroatoms. The molecule has 0 spiro atoms. The third kappa shape index (κ3) is 3.31. The highest BCUT2D eigenvalue weighted by atomic mass is 32.2. The lowest BCUT2D eigenvalue weighted by atomic mass is 10.2. The van der Waals surface area contributed by atoms with E-state index in [2.05, 4.69) is 9.80 Å². The zero-order valence-corrected chi connectivity index (χ0v) is 15.7. The highest BCUT2D eigenvalue weighted by Crippen LogP contribution is 2.38. The Balaban J connectivity index is 1.35. The zero-order valence-electron chi connectivity index (χ0n) is 14.1. The fourth-order valence-electron chi connectivity index (χ4n) is 3.82. The van der Waals surface area contributed by atoms with Gasteiger partial charge < -0.3 is 4.57 Å². The molecule has 0 radical (unpaired) electrons. The molecule has 2 saturated heterocycles. The Morgan fingerprint density at radius 1 is 1.17 bits per heavy atom. The van der Waals surface area contributed by atoms with Gasteiger partial charge in [0, 0.05) is 45.2 Å². The second kappa shape index (κ2) is 6.19. The maximum absolute atomic E-state index is 11.7. The van der Waals surface area contributed by atoms with Crippen molar-refractivity contribution >= 4 is 22.1 Å². The van der Waals surface area contributed by atoms with Crippen molar-refractivity contribution < 1.29 is 8.42 Å². The van der Waals surface area contributed by atoms with Gasteiger partial charge in [-0.05, 0) is 31.5 Å². The van der Waals surface area contributed by atoms with E-state index in [1.54, 1.807) is 0 Å². The molecule has 0 bridgehead atoms. The summed E-state index contributed by atoms with van der Waals surface area (Å²) in [6.07, 6.45) is 3.24. The number of aromatic nitrogens is 3. The molecule has 1 aromatic rings. The van der Waals surface area contributed by atoms with E-state index < -0.39 is 9.84 Å². The molecule has 1 unspecified atom stereocenters. The Morgan fingerprint density at radius 3 is 2.46 bits per heavy atom. The normalized spacial score (nSPS) is 28.5. The van der Waals surface area contributed by atoms with Crippen molar-refractivity contribution in [1.29, 1.82) is 0 Å². The first-order chi connectivity index (χ1) is 11.4. The van der Waals surface area contributed by atoms with Crippen LogP contribution in [0.2, 0.25) is 0 Å². The van der Waals surface area contributed by atoms with Crippen LogP contribution in [0.25, 0.3) is 0 Å². The lowest BCUT2D eigenvalue weighted by molar-refractivity contribution is 0.0807. The molecular formula is C15H25N5O2S2. The summed E-state index contributed by atoms with van der Waals surface area (Å²) in [6, 6.07) is 0.218. The van der Waals surface area contributed by atoms with Crippen LogP contribution in [-0.4, -0.2) is 76.3 Å². The van der Waals surface area contributed by atoms with E-state index in [1.807, 2.05) is 16.3 Å². The van der Waals surface area contributed by atoms with Gasteiger partial charge in [-0.3, -0.25) is 9.80 Å². The minimum atomic E-state index is -2.80. The van der Waals surface area contributed by atoms with Crippen molar-refractivity contribution in [3.63, 3.8) is 0 Å². The van der Waals surface area contributed by atoms with Gasteiger partial charge in [-0.15, -0.1) is 0 Å². The summed E-state index contributed by atoms with van der Waals surface area (Å²) in [5, 5.41) is 4.72. The first-order valence-corrected chi connectivity index (χ1v) is 11.0. The molecule has 4 rings (SSSR count). The van der Waals surface area contributed by atoms with Gasteiger partial charge in [0.15, 0.2) is 14.6 Å². The van der Waals surface area contributed by atoms with Crippen LogP contribution in [0.5, 0.6) is 0 Å². The summed E-state index contributed by atoms with van der Waals surface area (Å²) in [6.45, 7) is 4.46. The molecule has 1 aromatic heterocycles. The van der Waals surface area contributed by atoms with Crippen molar-refractivity contribution in [2.75, 3.05) is 37.7 Å². The van der Waals surface area contributed by atoms with Gasteiger partial charge >= 0.3 is 0 Å². The van der Waals surface area contributed by atoms with Crippen LogP contribution >= 0.6 is 12.2 Å². The van der Waals surface area contributed by atoms with E-state index in [0.717, 1.165) is 49.9 Å². The number of nitrogens with zero attached hydrogens (tertiary/aromatic N) is 5. The van der Waals surface area contributed by atoms with E-state index in [1.165, 1.54) is 12.8 Å². The minimum Gasteiger partial charge on any atom is -0.307 e. The van der Waals surface area contributed by atoms with E-state index >= 15 is 0 Å². The highest BCUT2D eigenvalue weighted by molar-refractivity contribution is 7.91. The second-order valence-electron chi connectivity index (χ2n) is 7.33. The summed E-state index contributed by atoms with van der Waals surface area (Å²) < 4.78 is 28.1. The molecule has 3 fully saturated rings. The molecule has 7 nitrogen and oxygen atoms in total. The van der Waals surface area contributed by atoms with Crippen LogP contribution < -0.4 is 0 Å². The van der Waals surface area contributed by atoms with Gasteiger partial charge in [-0.25, -0.2) is 13.1 Å². The largest absolute Gasteiger partial charge is 0.307 e. The van der Waals surface area contributed by atoms with Crippen molar-refractivity contribution in [2.24, 2.45) is 7.05 Å². The monoisotopic (exact) mass is 371 g/mol. The van der Waals surface area contributed by atoms with E-state index in [4.69, 9.17) is 17.3 Å². The lowest BCUT2D eigenvalue weighted by Crippen LogP contribution is -2.51. The Kier molecular flexibility index (Phi) is 4.30. The van der Waals surface area contributed by atoms with Crippen LogP contribution in [0.3, 0.4) is 0 Å². The van der Waals surface area contributed by atoms with Gasteiger partial charge in [0.1, 0.15) is 5.82 Å². The predicted molar refractivity (Wildman–Crippen MR) is 94.2 cm³/mol. The Labute approximate surface area is 148 Å². The second-order valence-corrected chi connectivity index (χ2v) is 9.92. The third-order valence-electron chi connectivity index (χ3n) is 5.48. The molecular weight excluding hydrogens is 346 g/mol. The fraction of sp³-hybridized carbons (Fsp3) is 0.867. The molecule has 3 aliphatic rings. The van der Waals surface area contributed by atoms with E-state index in [0.29, 0.717) is 17.4 Å². The summed E-state index contributed by atoms with van der Waals surface area (Å²) in [5.41, 5.74) is 0. The van der Waals surface area contributed by atoms with E-state index in [9.17, 15) is 8.42 Å². The van der Waals surface area contributed by atoms with Crippen LogP contribution in [0.15, 0.2) is 0 Å². The number of piperazine rings is 1. The van der Waals surface area contributed by atoms with Crippen molar-refractivity contribution in [3.05, 3.63) is 10.6 Å². The average molecular weight is 372 g/mol. The van der Waals surface area contributed by atoms with Gasteiger partial charge in [0.2, 0.25) is 0 Å². The molecule has 1 aliphatic carbocycles. The maximum atomic E-state index is 11.7. The number of sulfone groups is 1. The summed E-state index contributed by atoms with van der Waals surface area (Å²) in [7, 11) is -0.791. The smallest absolute Gasteiger partial charge is 0.198 e. The standard InChI is InChI=1S/C15H25N5O2S2/c1-17-14(12-2-3-12)16-20(15(17)23)11-18-5-7-19(8-6-18)13-4-9-24(21,22)10-13/h12-13H,2-11H2,1H3. The Morgan fingerprint density at radius 2 is 1.88 bits per heavy atom. The predicted octanol–water partition coefficient (Wildman–Crippen LogP) is 0.591. The number of hydrogen-bond donors (Lipinski definition) is 0. The van der Waals surface area contributed by atoms with Gasteiger partial charge in [-0.2, -0.15) is 5.10 Å². The molecule has 0 N–H and O–H groups in total. The fourth-order valence-corrected chi connectivity index (χ4v) is 5.77. The molecule has 1 atom stereocenters. The molecule has 24 heavy (non-hydrogen) atoms. The summed E-state index contributed by atoms with van der Waals surface area (Å²) >= 11 is 5.52. The summed E-state index contributed by atoms with van der Waals surface area (Å²) in [4.78, 5) is 4.70. The molecule has 0 amide bonds. The van der Waals surface area contributed by atoms with Crippen LogP contribution in [0.4, 0.5) is 0 Å². The first kappa shape index (κ1) is 16.7. The number of hydrogen-bond acceptors (Lipinski definition) is 6. The summed E-state index contributed by atoms with van der Waals surface area (Å²) in [5.74, 6) is 2.41. The zero-order chi connectivity index (χ0) is 16.9. The average Bonchev–Trinajstić information content (AvgIpc) is 3.28. The van der Waals surface area contributed by atoms with Gasteiger partial charge in [0.25, 0.3) is 0 Å². The topological polar surface area (TPSA) is 63.4 Å². The van der Waals surface area contributed by atoms with Crippen molar-refractivity contribution in [2.45, 2.75) is 37.9 Å². The van der Waals surface area contributed by atoms with E-state index in [-0.39, 0.29) is 6.04 Å². The lowest BCUT2D eigenvalue weighted by Gasteiger charge is -2.37. The Hall–Kier alpha value is -0.770. The van der Waals surface area contributed by atoms with Gasteiger partial charge in [-0.1, -0.05) is 0 Å². The third-order valence-corrected chi connectivity index (χ3v) is 7.72. The van der Waals surface area contributed by atoms with Crippen LogP contribution in [-0.2, 0) is 23.6 Å². The van der Waals surface area contributed by atoms with Crippen LogP contribution in [0, 0.1) is 4.77 Å². The molecule has 2 aliphatic heterocycles. The minimum absolute atomic E-state index is 0.218. The van der Waals surface area contributed by atoms with Crippen molar-refractivity contribution in [3.8, 4) is 0 Å². The quantitative estimate of drug-likeness (QED) is 0.722. The molecule has 1 saturated carbocycles. The molecule has 3 heterocycles. The highest BCUT2D eigenvalue weighted by Gasteiger charge is 2.34. The maximum Gasteiger partial charge on any atom is 0.198 e. The SMILES string of the molecule is Cn1c(C2CC2)nn(CN2CCN(C3CCS(=O)(=O)C3)CC2)c1=S. The Bertz CT molecular complexity index is 772. The van der Waals surface area contributed by atoms with Crippen LogP contribution in [0.1, 0.15) is 31.0 Å². The van der Waals surface area contributed by atoms with Crippen molar-refractivity contribution in [1.82, 2.24) is 24.1 Å².